The Balaban J connectivity index is 3.47. The molecule has 0 aliphatic heterocycles. The first-order valence-electron chi connectivity index (χ1n) is 9.80. The highest BCUT2D eigenvalue weighted by atomic mass is 16.5. The van der Waals surface area contributed by atoms with Gasteiger partial charge in [0, 0.05) is 12.8 Å². The van der Waals surface area contributed by atoms with Crippen molar-refractivity contribution in [2.24, 2.45) is 5.92 Å². The number of hydrogen-bond donors (Lipinski definition) is 0. The Kier molecular flexibility index (Phi) is 14.8. The minimum atomic E-state index is -0.219. The van der Waals surface area contributed by atoms with Crippen LogP contribution in [0.1, 0.15) is 98.3 Å². The first-order chi connectivity index (χ1) is 11.5. The van der Waals surface area contributed by atoms with Crippen LogP contribution in [0.2, 0.25) is 0 Å². The van der Waals surface area contributed by atoms with E-state index in [4.69, 9.17) is 9.47 Å². The Labute approximate surface area is 148 Å². The van der Waals surface area contributed by atoms with Crippen molar-refractivity contribution >= 4 is 11.9 Å². The first kappa shape index (κ1) is 22.9. The summed E-state index contributed by atoms with van der Waals surface area (Å²) in [5.41, 5.74) is 0. The third-order valence-corrected chi connectivity index (χ3v) is 3.91. The second-order valence-electron chi connectivity index (χ2n) is 7.13. The Morgan fingerprint density at radius 1 is 0.792 bits per heavy atom. The number of hydrogen-bond acceptors (Lipinski definition) is 4. The third kappa shape index (κ3) is 15.8. The van der Waals surface area contributed by atoms with Crippen LogP contribution in [-0.2, 0) is 19.1 Å². The highest BCUT2D eigenvalue weighted by Crippen LogP contribution is 2.10. The van der Waals surface area contributed by atoms with E-state index in [-0.39, 0.29) is 24.5 Å². The molecule has 24 heavy (non-hydrogen) atoms. The molecule has 0 aromatic rings. The van der Waals surface area contributed by atoms with E-state index in [1.54, 1.807) is 0 Å². The largest absolute Gasteiger partial charge is 0.466 e. The fourth-order valence-corrected chi connectivity index (χ4v) is 2.69. The Bertz CT molecular complexity index is 326. The average Bonchev–Trinajstić information content (AvgIpc) is 2.49. The van der Waals surface area contributed by atoms with Crippen molar-refractivity contribution in [3.05, 3.63) is 0 Å². The van der Waals surface area contributed by atoms with E-state index >= 15 is 0 Å². The van der Waals surface area contributed by atoms with Crippen LogP contribution in [0.25, 0.3) is 0 Å². The zero-order valence-electron chi connectivity index (χ0n) is 16.3. The van der Waals surface area contributed by atoms with E-state index in [9.17, 15) is 9.59 Å². The molecule has 0 bridgehead atoms. The van der Waals surface area contributed by atoms with Gasteiger partial charge in [-0.3, -0.25) is 9.59 Å². The number of esters is 2. The van der Waals surface area contributed by atoms with Crippen LogP contribution in [-0.4, -0.2) is 24.6 Å². The van der Waals surface area contributed by atoms with Crippen molar-refractivity contribution in [2.75, 3.05) is 6.61 Å². The monoisotopic (exact) mass is 342 g/mol. The maximum Gasteiger partial charge on any atom is 0.306 e. The molecule has 4 nitrogen and oxygen atoms in total. The molecule has 0 N–H and O–H groups in total. The van der Waals surface area contributed by atoms with E-state index < -0.39 is 0 Å². The quantitative estimate of drug-likeness (QED) is 0.294. The Morgan fingerprint density at radius 2 is 1.38 bits per heavy atom. The summed E-state index contributed by atoms with van der Waals surface area (Å²) in [6.07, 6.45) is 10.3. The summed E-state index contributed by atoms with van der Waals surface area (Å²) in [7, 11) is 0. The summed E-state index contributed by atoms with van der Waals surface area (Å²) in [5, 5.41) is 0. The second-order valence-corrected chi connectivity index (χ2v) is 7.13. The molecule has 0 fully saturated rings. The van der Waals surface area contributed by atoms with E-state index in [0.717, 1.165) is 19.3 Å². The van der Waals surface area contributed by atoms with Gasteiger partial charge in [0.15, 0.2) is 0 Å². The predicted molar refractivity (Wildman–Crippen MR) is 97.8 cm³/mol. The van der Waals surface area contributed by atoms with Crippen LogP contribution in [0.5, 0.6) is 0 Å². The van der Waals surface area contributed by atoms with Gasteiger partial charge in [-0.1, -0.05) is 59.3 Å². The maximum absolute atomic E-state index is 11.6. The molecule has 1 unspecified atom stereocenters. The third-order valence-electron chi connectivity index (χ3n) is 3.91. The van der Waals surface area contributed by atoms with Gasteiger partial charge in [-0.05, 0) is 32.1 Å². The molecule has 0 aromatic heterocycles. The van der Waals surface area contributed by atoms with E-state index in [1.165, 1.54) is 32.1 Å². The zero-order valence-corrected chi connectivity index (χ0v) is 16.3. The molecule has 0 aromatic carbocycles. The fraction of sp³-hybridized carbons (Fsp3) is 0.900. The molecule has 1 atom stereocenters. The minimum absolute atomic E-state index is 0.0539. The second kappa shape index (κ2) is 15.5. The van der Waals surface area contributed by atoms with Crippen LogP contribution in [0.4, 0.5) is 0 Å². The molecule has 0 aliphatic carbocycles. The van der Waals surface area contributed by atoms with Crippen molar-refractivity contribution in [1.29, 1.82) is 0 Å². The normalized spacial score (nSPS) is 12.2. The van der Waals surface area contributed by atoms with Crippen molar-refractivity contribution in [3.8, 4) is 0 Å². The predicted octanol–water partition coefficient (Wildman–Crippen LogP) is 5.43. The molecule has 0 saturated carbocycles. The van der Waals surface area contributed by atoms with Crippen LogP contribution < -0.4 is 0 Å². The maximum atomic E-state index is 11.6. The van der Waals surface area contributed by atoms with Gasteiger partial charge >= 0.3 is 11.9 Å². The number of unbranched alkanes of at least 4 members (excludes halogenated alkanes) is 6. The molecule has 0 saturated heterocycles. The van der Waals surface area contributed by atoms with Crippen LogP contribution in [0, 0.1) is 5.92 Å². The average molecular weight is 343 g/mol. The molecule has 0 rings (SSSR count). The Morgan fingerprint density at radius 3 is 2.00 bits per heavy atom. The van der Waals surface area contributed by atoms with Crippen LogP contribution in [0.15, 0.2) is 0 Å². The molecule has 0 amide bonds. The smallest absolute Gasteiger partial charge is 0.306 e. The zero-order chi connectivity index (χ0) is 18.2. The molecule has 0 radical (unpaired) electrons. The summed E-state index contributed by atoms with van der Waals surface area (Å²) in [4.78, 5) is 23.2. The van der Waals surface area contributed by atoms with Crippen molar-refractivity contribution in [2.45, 2.75) is 104 Å². The van der Waals surface area contributed by atoms with Gasteiger partial charge in [0.2, 0.25) is 0 Å². The number of ether oxygens (including phenoxy) is 2. The lowest BCUT2D eigenvalue weighted by molar-refractivity contribution is -0.149. The lowest BCUT2D eigenvalue weighted by Crippen LogP contribution is -2.17. The molecule has 0 aliphatic rings. The van der Waals surface area contributed by atoms with E-state index in [1.807, 2.05) is 6.92 Å². The first-order valence-corrected chi connectivity index (χ1v) is 9.80. The van der Waals surface area contributed by atoms with Gasteiger partial charge in [-0.25, -0.2) is 0 Å². The van der Waals surface area contributed by atoms with Gasteiger partial charge in [0.1, 0.15) is 0 Å². The number of carbonyl (C=O) groups excluding carboxylic acids is 2. The summed E-state index contributed by atoms with van der Waals surface area (Å²) in [6.45, 7) is 8.83. The summed E-state index contributed by atoms with van der Waals surface area (Å²) < 4.78 is 10.5. The lowest BCUT2D eigenvalue weighted by atomic mass is 10.1. The molecular weight excluding hydrogens is 304 g/mol. The molecule has 0 heterocycles. The molecule has 142 valence electrons. The van der Waals surface area contributed by atoms with Crippen molar-refractivity contribution < 1.29 is 19.1 Å². The van der Waals surface area contributed by atoms with Gasteiger partial charge in [-0.2, -0.15) is 0 Å². The van der Waals surface area contributed by atoms with Crippen molar-refractivity contribution in [1.82, 2.24) is 0 Å². The number of carbonyl (C=O) groups is 2. The summed E-state index contributed by atoms with van der Waals surface area (Å²) in [6, 6.07) is 0. The Hall–Kier alpha value is -1.06. The highest BCUT2D eigenvalue weighted by molar-refractivity contribution is 5.72. The van der Waals surface area contributed by atoms with Gasteiger partial charge in [0.25, 0.3) is 0 Å². The summed E-state index contributed by atoms with van der Waals surface area (Å²) >= 11 is 0. The fourth-order valence-electron chi connectivity index (χ4n) is 2.69. The molecule has 0 spiro atoms. The van der Waals surface area contributed by atoms with E-state index in [0.29, 0.717) is 25.4 Å². The van der Waals surface area contributed by atoms with Crippen LogP contribution in [0.3, 0.4) is 0 Å². The molecule has 4 heteroatoms. The van der Waals surface area contributed by atoms with Gasteiger partial charge < -0.3 is 9.47 Å². The SMILES string of the molecule is CCCCCCCCCOC(=O)CCCC(=O)OC(C)CC(C)C. The van der Waals surface area contributed by atoms with Gasteiger partial charge in [-0.15, -0.1) is 0 Å². The van der Waals surface area contributed by atoms with E-state index in [2.05, 4.69) is 20.8 Å². The number of rotatable bonds is 15. The topological polar surface area (TPSA) is 52.6 Å². The van der Waals surface area contributed by atoms with Crippen molar-refractivity contribution in [3.63, 3.8) is 0 Å². The van der Waals surface area contributed by atoms with Crippen LogP contribution >= 0.6 is 0 Å². The summed E-state index contributed by atoms with van der Waals surface area (Å²) in [5.74, 6) is 0.0847. The highest BCUT2D eigenvalue weighted by Gasteiger charge is 2.12. The molecular formula is C20H38O4. The minimum Gasteiger partial charge on any atom is -0.466 e. The standard InChI is InChI=1S/C20H38O4/c1-5-6-7-8-9-10-11-15-23-19(21)13-12-14-20(22)24-18(4)16-17(2)3/h17-18H,5-16H2,1-4H3. The lowest BCUT2D eigenvalue weighted by Gasteiger charge is -2.15. The van der Waals surface area contributed by atoms with Gasteiger partial charge in [0.05, 0.1) is 12.7 Å².